The van der Waals surface area contributed by atoms with E-state index in [0.717, 1.165) is 17.1 Å². The van der Waals surface area contributed by atoms with Crippen molar-refractivity contribution < 1.29 is 14.4 Å². The SMILES string of the molecule is CCCSc1cc(OC)c(/C=C(\CC)[N+](=O)[O-])cc1OC. The van der Waals surface area contributed by atoms with Gasteiger partial charge in [-0.15, -0.1) is 11.8 Å². The summed E-state index contributed by atoms with van der Waals surface area (Å²) in [6, 6.07) is 3.66. The molecule has 0 heterocycles. The lowest BCUT2D eigenvalue weighted by atomic mass is 10.1. The Morgan fingerprint density at radius 1 is 1.29 bits per heavy atom. The minimum Gasteiger partial charge on any atom is -0.496 e. The number of nitro groups is 1. The summed E-state index contributed by atoms with van der Waals surface area (Å²) in [5, 5.41) is 11.0. The van der Waals surface area contributed by atoms with Gasteiger partial charge in [0.05, 0.1) is 24.0 Å². The maximum absolute atomic E-state index is 11.0. The molecule has 0 atom stereocenters. The van der Waals surface area contributed by atoms with Gasteiger partial charge in [0.25, 0.3) is 0 Å². The van der Waals surface area contributed by atoms with Crippen LogP contribution in [0.2, 0.25) is 0 Å². The van der Waals surface area contributed by atoms with Gasteiger partial charge in [-0.25, -0.2) is 0 Å². The molecule has 0 radical (unpaired) electrons. The quantitative estimate of drug-likeness (QED) is 0.408. The van der Waals surface area contributed by atoms with Crippen LogP contribution in [0.3, 0.4) is 0 Å². The van der Waals surface area contributed by atoms with Crippen molar-refractivity contribution in [3.05, 3.63) is 33.5 Å². The molecule has 0 N–H and O–H groups in total. The summed E-state index contributed by atoms with van der Waals surface area (Å²) >= 11 is 1.68. The van der Waals surface area contributed by atoms with Gasteiger partial charge < -0.3 is 9.47 Å². The summed E-state index contributed by atoms with van der Waals surface area (Å²) in [5.41, 5.74) is 0.799. The summed E-state index contributed by atoms with van der Waals surface area (Å²) in [6.45, 7) is 3.86. The fraction of sp³-hybridized carbons (Fsp3) is 0.467. The predicted molar refractivity (Wildman–Crippen MR) is 85.8 cm³/mol. The highest BCUT2D eigenvalue weighted by atomic mass is 32.2. The van der Waals surface area contributed by atoms with Crippen LogP contribution >= 0.6 is 11.8 Å². The monoisotopic (exact) mass is 311 g/mol. The highest BCUT2D eigenvalue weighted by Crippen LogP contribution is 2.37. The van der Waals surface area contributed by atoms with Crippen molar-refractivity contribution >= 4 is 17.8 Å². The van der Waals surface area contributed by atoms with Crippen molar-refractivity contribution in [2.45, 2.75) is 31.6 Å². The number of rotatable bonds is 8. The third-order valence-corrected chi connectivity index (χ3v) is 4.14. The van der Waals surface area contributed by atoms with Gasteiger partial charge in [0.15, 0.2) is 0 Å². The Hall–Kier alpha value is -1.69. The smallest absolute Gasteiger partial charge is 0.246 e. The molecule has 1 aromatic carbocycles. The molecule has 21 heavy (non-hydrogen) atoms. The molecule has 0 unspecified atom stereocenters. The molecule has 0 aliphatic heterocycles. The molecule has 116 valence electrons. The largest absolute Gasteiger partial charge is 0.496 e. The molecule has 0 spiro atoms. The molecular formula is C15H21NO4S. The molecule has 0 amide bonds. The molecule has 0 aliphatic rings. The van der Waals surface area contributed by atoms with Crippen LogP contribution in [0.25, 0.3) is 6.08 Å². The zero-order valence-corrected chi connectivity index (χ0v) is 13.7. The van der Waals surface area contributed by atoms with E-state index in [2.05, 4.69) is 6.92 Å². The van der Waals surface area contributed by atoms with Crippen molar-refractivity contribution in [2.75, 3.05) is 20.0 Å². The number of ether oxygens (including phenoxy) is 2. The molecule has 5 nitrogen and oxygen atoms in total. The normalized spacial score (nSPS) is 11.3. The Labute approximate surface area is 129 Å². The highest BCUT2D eigenvalue weighted by molar-refractivity contribution is 7.99. The molecule has 0 saturated carbocycles. The lowest BCUT2D eigenvalue weighted by Crippen LogP contribution is -1.98. The zero-order valence-electron chi connectivity index (χ0n) is 12.8. The van der Waals surface area contributed by atoms with Crippen LogP contribution in [0.4, 0.5) is 0 Å². The molecule has 6 heteroatoms. The third kappa shape index (κ3) is 4.67. The molecule has 0 bridgehead atoms. The van der Waals surface area contributed by atoms with Gasteiger partial charge in [-0.3, -0.25) is 10.1 Å². The molecule has 0 saturated heterocycles. The van der Waals surface area contributed by atoms with Crippen LogP contribution in [-0.2, 0) is 0 Å². The second-order valence-corrected chi connectivity index (χ2v) is 5.48. The fourth-order valence-corrected chi connectivity index (χ4v) is 2.69. The van der Waals surface area contributed by atoms with Crippen LogP contribution in [0, 0.1) is 10.1 Å². The Balaban J connectivity index is 3.29. The van der Waals surface area contributed by atoms with Crippen molar-refractivity contribution in [3.63, 3.8) is 0 Å². The van der Waals surface area contributed by atoms with Gasteiger partial charge in [-0.1, -0.05) is 13.8 Å². The molecular weight excluding hydrogens is 290 g/mol. The molecule has 0 aromatic heterocycles. The van der Waals surface area contributed by atoms with E-state index in [0.29, 0.717) is 23.5 Å². The van der Waals surface area contributed by atoms with E-state index < -0.39 is 0 Å². The Morgan fingerprint density at radius 3 is 2.43 bits per heavy atom. The summed E-state index contributed by atoms with van der Waals surface area (Å²) in [7, 11) is 3.16. The zero-order chi connectivity index (χ0) is 15.8. The molecule has 0 fully saturated rings. The van der Waals surface area contributed by atoms with E-state index in [1.807, 2.05) is 6.07 Å². The standard InChI is InChI=1S/C15H21NO4S/c1-5-7-21-15-10-13(19-3)11(9-14(15)20-4)8-12(6-2)16(17)18/h8-10H,5-7H2,1-4H3/b12-8+. The van der Waals surface area contributed by atoms with E-state index in [4.69, 9.17) is 9.47 Å². The van der Waals surface area contributed by atoms with Crippen LogP contribution in [0.15, 0.2) is 22.7 Å². The number of hydrogen-bond donors (Lipinski definition) is 0. The van der Waals surface area contributed by atoms with E-state index in [1.165, 1.54) is 6.08 Å². The van der Waals surface area contributed by atoms with Crippen LogP contribution in [0.5, 0.6) is 11.5 Å². The van der Waals surface area contributed by atoms with Gasteiger partial charge in [-0.05, 0) is 24.3 Å². The fourth-order valence-electron chi connectivity index (χ4n) is 1.79. The summed E-state index contributed by atoms with van der Waals surface area (Å²) < 4.78 is 10.7. The lowest BCUT2D eigenvalue weighted by molar-refractivity contribution is -0.425. The lowest BCUT2D eigenvalue weighted by Gasteiger charge is -2.12. The molecule has 0 aliphatic carbocycles. The third-order valence-electron chi connectivity index (χ3n) is 2.90. The maximum Gasteiger partial charge on any atom is 0.246 e. The number of thioether (sulfide) groups is 1. The Kier molecular flexibility index (Phi) is 7.08. The van der Waals surface area contributed by atoms with Gasteiger partial charge >= 0.3 is 0 Å². The molecule has 1 rings (SSSR count). The number of nitrogens with zero attached hydrogens (tertiary/aromatic N) is 1. The van der Waals surface area contributed by atoms with E-state index in [-0.39, 0.29) is 10.6 Å². The first-order valence-electron chi connectivity index (χ1n) is 6.81. The number of methoxy groups -OCH3 is 2. The first kappa shape index (κ1) is 17.4. The van der Waals surface area contributed by atoms with Crippen molar-refractivity contribution in [1.29, 1.82) is 0 Å². The van der Waals surface area contributed by atoms with Crippen LogP contribution < -0.4 is 9.47 Å². The average Bonchev–Trinajstić information content (AvgIpc) is 2.49. The topological polar surface area (TPSA) is 61.6 Å². The number of hydrogen-bond acceptors (Lipinski definition) is 5. The van der Waals surface area contributed by atoms with Gasteiger partial charge in [-0.2, -0.15) is 0 Å². The van der Waals surface area contributed by atoms with Crippen molar-refractivity contribution in [1.82, 2.24) is 0 Å². The van der Waals surface area contributed by atoms with Gasteiger partial charge in [0, 0.05) is 18.1 Å². The van der Waals surface area contributed by atoms with Gasteiger partial charge in [0.1, 0.15) is 11.5 Å². The maximum atomic E-state index is 11.0. The van der Waals surface area contributed by atoms with E-state index >= 15 is 0 Å². The van der Waals surface area contributed by atoms with Crippen molar-refractivity contribution in [3.8, 4) is 11.5 Å². The second-order valence-electron chi connectivity index (χ2n) is 4.34. The minimum absolute atomic E-state index is 0.143. The first-order chi connectivity index (χ1) is 10.1. The number of benzene rings is 1. The predicted octanol–water partition coefficient (Wildman–Crippen LogP) is 4.23. The Bertz CT molecular complexity index is 529. The summed E-state index contributed by atoms with van der Waals surface area (Å²) in [6.07, 6.45) is 2.94. The van der Waals surface area contributed by atoms with E-state index in [9.17, 15) is 10.1 Å². The van der Waals surface area contributed by atoms with Crippen LogP contribution in [-0.4, -0.2) is 24.9 Å². The summed E-state index contributed by atoms with van der Waals surface area (Å²) in [4.78, 5) is 11.6. The summed E-state index contributed by atoms with van der Waals surface area (Å²) in [5.74, 6) is 2.30. The average molecular weight is 311 g/mol. The number of allylic oxidation sites excluding steroid dienone is 1. The second kappa shape index (κ2) is 8.56. The first-order valence-corrected chi connectivity index (χ1v) is 7.79. The highest BCUT2D eigenvalue weighted by Gasteiger charge is 2.14. The van der Waals surface area contributed by atoms with E-state index in [1.54, 1.807) is 39.0 Å². The van der Waals surface area contributed by atoms with Crippen LogP contribution in [0.1, 0.15) is 32.3 Å². The van der Waals surface area contributed by atoms with Crippen molar-refractivity contribution in [2.24, 2.45) is 0 Å². The van der Waals surface area contributed by atoms with Gasteiger partial charge in [0.2, 0.25) is 5.70 Å². The Morgan fingerprint density at radius 2 is 1.95 bits per heavy atom. The molecule has 1 aromatic rings. The minimum atomic E-state index is -0.369.